The summed E-state index contributed by atoms with van der Waals surface area (Å²) in [7, 11) is 0. The van der Waals surface area contributed by atoms with Gasteiger partial charge in [-0.2, -0.15) is 13.2 Å². The standard InChI is InChI=1S/C25H30F3NO2/c1-6-24(5)14-13-20(15-22(24)17(2)3)18(4)16-29(31)23(30)12-11-19-9-7-8-10-21(19)25(26,27)28/h6-12,20,22,31H,1-2,4,13-16H2,3,5H3/b12-11+/t20-,22+,24-/m1/s1. The monoisotopic (exact) mass is 433 g/mol. The van der Waals surface area contributed by atoms with E-state index in [2.05, 4.69) is 26.7 Å². The van der Waals surface area contributed by atoms with Crippen LogP contribution in [0.25, 0.3) is 6.08 Å². The molecule has 0 aliphatic heterocycles. The smallest absolute Gasteiger partial charge is 0.285 e. The van der Waals surface area contributed by atoms with Crippen molar-refractivity contribution >= 4 is 12.0 Å². The van der Waals surface area contributed by atoms with E-state index in [4.69, 9.17) is 0 Å². The lowest BCUT2D eigenvalue weighted by Gasteiger charge is -2.44. The van der Waals surface area contributed by atoms with Gasteiger partial charge in [0.05, 0.1) is 12.1 Å². The minimum atomic E-state index is -4.53. The molecule has 1 N–H and O–H groups in total. The van der Waals surface area contributed by atoms with Gasteiger partial charge in [0.15, 0.2) is 0 Å². The van der Waals surface area contributed by atoms with E-state index in [-0.39, 0.29) is 29.4 Å². The van der Waals surface area contributed by atoms with Crippen LogP contribution in [0, 0.1) is 17.3 Å². The number of rotatable bonds is 7. The van der Waals surface area contributed by atoms with Crippen LogP contribution in [0.15, 0.2) is 67.3 Å². The number of amides is 1. The molecule has 3 atom stereocenters. The molecule has 0 bridgehead atoms. The predicted octanol–water partition coefficient (Wildman–Crippen LogP) is 6.68. The lowest BCUT2D eigenvalue weighted by Crippen LogP contribution is -2.36. The zero-order valence-corrected chi connectivity index (χ0v) is 18.1. The molecule has 0 radical (unpaired) electrons. The van der Waals surface area contributed by atoms with Gasteiger partial charge in [-0.3, -0.25) is 10.0 Å². The van der Waals surface area contributed by atoms with Gasteiger partial charge in [-0.15, -0.1) is 6.58 Å². The Morgan fingerprint density at radius 3 is 2.55 bits per heavy atom. The molecule has 0 saturated heterocycles. The molecule has 0 heterocycles. The van der Waals surface area contributed by atoms with E-state index >= 15 is 0 Å². The molecule has 2 rings (SSSR count). The van der Waals surface area contributed by atoms with Gasteiger partial charge in [-0.25, -0.2) is 5.06 Å². The van der Waals surface area contributed by atoms with Crippen molar-refractivity contribution in [1.29, 1.82) is 0 Å². The van der Waals surface area contributed by atoms with Crippen molar-refractivity contribution in [2.45, 2.75) is 39.3 Å². The fraction of sp³-hybridized carbons (Fsp3) is 0.400. The summed E-state index contributed by atoms with van der Waals surface area (Å²) in [4.78, 5) is 12.3. The number of halogens is 3. The second kappa shape index (κ2) is 9.69. The molecule has 0 aromatic heterocycles. The summed E-state index contributed by atoms with van der Waals surface area (Å²) >= 11 is 0. The highest BCUT2D eigenvalue weighted by atomic mass is 19.4. The number of hydrogen-bond acceptors (Lipinski definition) is 2. The van der Waals surface area contributed by atoms with Crippen molar-refractivity contribution < 1.29 is 23.2 Å². The van der Waals surface area contributed by atoms with Crippen molar-refractivity contribution in [2.24, 2.45) is 17.3 Å². The Balaban J connectivity index is 2.04. The number of nitrogens with zero attached hydrogens (tertiary/aromatic N) is 1. The Kier molecular flexibility index (Phi) is 7.71. The lowest BCUT2D eigenvalue weighted by atomic mass is 9.61. The number of hydrogen-bond donors (Lipinski definition) is 1. The van der Waals surface area contributed by atoms with E-state index in [9.17, 15) is 23.2 Å². The first-order valence-electron chi connectivity index (χ1n) is 10.2. The van der Waals surface area contributed by atoms with Gasteiger partial charge in [0, 0.05) is 6.08 Å². The Labute approximate surface area is 182 Å². The predicted molar refractivity (Wildman–Crippen MR) is 117 cm³/mol. The summed E-state index contributed by atoms with van der Waals surface area (Å²) in [6, 6.07) is 4.95. The molecular weight excluding hydrogens is 403 g/mol. The molecule has 0 unspecified atom stereocenters. The van der Waals surface area contributed by atoms with Crippen LogP contribution in [0.3, 0.4) is 0 Å². The van der Waals surface area contributed by atoms with Crippen molar-refractivity contribution in [3.8, 4) is 0 Å². The Bertz CT molecular complexity index is 887. The third-order valence-corrected chi connectivity index (χ3v) is 6.27. The molecule has 1 aromatic carbocycles. The van der Waals surface area contributed by atoms with Crippen LogP contribution in [0.5, 0.6) is 0 Å². The number of hydroxylamine groups is 2. The normalized spacial score (nSPS) is 24.1. The van der Waals surface area contributed by atoms with Crippen molar-refractivity contribution in [3.05, 3.63) is 78.4 Å². The largest absolute Gasteiger partial charge is 0.416 e. The number of carbonyl (C=O) groups is 1. The highest BCUT2D eigenvalue weighted by molar-refractivity contribution is 5.91. The van der Waals surface area contributed by atoms with Gasteiger partial charge >= 0.3 is 6.18 Å². The molecule has 1 saturated carbocycles. The second-order valence-corrected chi connectivity index (χ2v) is 8.55. The van der Waals surface area contributed by atoms with Gasteiger partial charge in [0.2, 0.25) is 0 Å². The van der Waals surface area contributed by atoms with Crippen LogP contribution in [0.4, 0.5) is 13.2 Å². The Hall–Kier alpha value is -2.60. The highest BCUT2D eigenvalue weighted by Crippen LogP contribution is 2.48. The minimum absolute atomic E-state index is 0.0497. The van der Waals surface area contributed by atoms with Crippen molar-refractivity contribution in [3.63, 3.8) is 0 Å². The fourth-order valence-corrected chi connectivity index (χ4v) is 4.26. The summed E-state index contributed by atoms with van der Waals surface area (Å²) in [6.07, 6.45) is 1.98. The topological polar surface area (TPSA) is 40.5 Å². The third-order valence-electron chi connectivity index (χ3n) is 6.27. The molecule has 1 amide bonds. The fourth-order valence-electron chi connectivity index (χ4n) is 4.26. The van der Waals surface area contributed by atoms with E-state index in [0.717, 1.165) is 43.1 Å². The quantitative estimate of drug-likeness (QED) is 0.226. The van der Waals surface area contributed by atoms with Crippen LogP contribution in [0.1, 0.15) is 44.2 Å². The molecule has 31 heavy (non-hydrogen) atoms. The molecule has 1 fully saturated rings. The lowest BCUT2D eigenvalue weighted by molar-refractivity contribution is -0.157. The van der Waals surface area contributed by atoms with Gasteiger partial charge < -0.3 is 0 Å². The van der Waals surface area contributed by atoms with Crippen LogP contribution < -0.4 is 0 Å². The van der Waals surface area contributed by atoms with Crippen LogP contribution >= 0.6 is 0 Å². The summed E-state index contributed by atoms with van der Waals surface area (Å²) in [5, 5.41) is 10.7. The third kappa shape index (κ3) is 5.97. The molecule has 6 heteroatoms. The zero-order valence-electron chi connectivity index (χ0n) is 18.1. The first-order valence-corrected chi connectivity index (χ1v) is 10.2. The van der Waals surface area contributed by atoms with Gasteiger partial charge in [-0.1, -0.05) is 55.5 Å². The first-order chi connectivity index (χ1) is 14.4. The Morgan fingerprint density at radius 2 is 1.97 bits per heavy atom. The van der Waals surface area contributed by atoms with E-state index in [1.807, 2.05) is 13.0 Å². The average molecular weight is 434 g/mol. The summed E-state index contributed by atoms with van der Waals surface area (Å²) in [5.41, 5.74) is 0.730. The molecule has 1 aromatic rings. The number of alkyl halides is 3. The maximum atomic E-state index is 13.1. The number of allylic oxidation sites excluding steroid dienone is 2. The molecule has 3 nitrogen and oxygen atoms in total. The first kappa shape index (κ1) is 24.7. The molecule has 168 valence electrons. The Morgan fingerprint density at radius 1 is 1.32 bits per heavy atom. The molecule has 1 aliphatic rings. The molecule has 0 spiro atoms. The molecular formula is C25H30F3NO2. The SMILES string of the molecule is C=C[C@]1(C)CC[C@@H](C(=C)CN(O)C(=O)/C=C/c2ccccc2C(F)(F)F)C[C@H]1C(=C)C. The zero-order chi connectivity index (χ0) is 23.4. The average Bonchev–Trinajstić information content (AvgIpc) is 2.71. The minimum Gasteiger partial charge on any atom is -0.285 e. The second-order valence-electron chi connectivity index (χ2n) is 8.55. The van der Waals surface area contributed by atoms with Gasteiger partial charge in [0.1, 0.15) is 0 Å². The highest BCUT2D eigenvalue weighted by Gasteiger charge is 2.39. The van der Waals surface area contributed by atoms with Crippen molar-refractivity contribution in [2.75, 3.05) is 6.54 Å². The van der Waals surface area contributed by atoms with Crippen LogP contribution in [-0.2, 0) is 11.0 Å². The van der Waals surface area contributed by atoms with E-state index < -0.39 is 17.6 Å². The van der Waals surface area contributed by atoms with Crippen LogP contribution in [0.2, 0.25) is 0 Å². The van der Waals surface area contributed by atoms with Gasteiger partial charge in [-0.05, 0) is 61.1 Å². The van der Waals surface area contributed by atoms with Crippen molar-refractivity contribution in [1.82, 2.24) is 5.06 Å². The number of carbonyl (C=O) groups excluding carboxylic acids is 1. The van der Waals surface area contributed by atoms with Crippen LogP contribution in [-0.4, -0.2) is 22.7 Å². The maximum Gasteiger partial charge on any atom is 0.416 e. The number of benzene rings is 1. The molecule has 1 aliphatic carbocycles. The maximum absolute atomic E-state index is 13.1. The summed E-state index contributed by atoms with van der Waals surface area (Å²) < 4.78 is 39.2. The summed E-state index contributed by atoms with van der Waals surface area (Å²) in [5.74, 6) is -0.476. The van der Waals surface area contributed by atoms with E-state index in [1.54, 1.807) is 0 Å². The van der Waals surface area contributed by atoms with Gasteiger partial charge in [0.25, 0.3) is 5.91 Å². The summed E-state index contributed by atoms with van der Waals surface area (Å²) in [6.45, 7) is 16.2. The van der Waals surface area contributed by atoms with E-state index in [0.29, 0.717) is 10.6 Å². The van der Waals surface area contributed by atoms with E-state index in [1.165, 1.54) is 18.2 Å².